The third-order valence-electron chi connectivity index (χ3n) is 3.06. The van der Waals surface area contributed by atoms with Gasteiger partial charge in [-0.15, -0.1) is 0 Å². The molecule has 1 aromatic rings. The third-order valence-corrected chi connectivity index (χ3v) is 4.93. The van der Waals surface area contributed by atoms with E-state index in [9.17, 15) is 18.0 Å². The summed E-state index contributed by atoms with van der Waals surface area (Å²) in [5, 5.41) is -0.929. The van der Waals surface area contributed by atoms with Crippen molar-refractivity contribution >= 4 is 37.1 Å². The first-order valence-corrected chi connectivity index (χ1v) is 8.01. The molecular weight excluding hydrogens is 290 g/mol. The summed E-state index contributed by atoms with van der Waals surface area (Å²) in [6.07, 6.45) is -0.155. The Bertz CT molecular complexity index is 641. The molecule has 5 nitrogen and oxygen atoms in total. The van der Waals surface area contributed by atoms with Gasteiger partial charge >= 0.3 is 0 Å². The number of Topliss-reactive ketones (excluding diaryl/α,β-unsaturated/α-hetero) is 1. The van der Waals surface area contributed by atoms with Gasteiger partial charge in [0.05, 0.1) is 5.69 Å². The fourth-order valence-corrected chi connectivity index (χ4v) is 3.13. The van der Waals surface area contributed by atoms with E-state index >= 15 is 0 Å². The van der Waals surface area contributed by atoms with Crippen LogP contribution >= 0.6 is 10.7 Å². The fourth-order valence-electron chi connectivity index (χ4n) is 2.10. The van der Waals surface area contributed by atoms with E-state index in [0.717, 1.165) is 0 Å². The van der Waals surface area contributed by atoms with Crippen molar-refractivity contribution in [3.63, 3.8) is 0 Å². The Morgan fingerprint density at radius 1 is 1.37 bits per heavy atom. The predicted octanol–water partition coefficient (Wildman–Crippen LogP) is 1.56. The highest BCUT2D eigenvalue weighted by atomic mass is 35.7. The maximum Gasteiger partial charge on any atom is 0.237 e. The molecule has 19 heavy (non-hydrogen) atoms. The van der Waals surface area contributed by atoms with Crippen LogP contribution in [0.3, 0.4) is 0 Å². The molecule has 0 aromatic heterocycles. The van der Waals surface area contributed by atoms with E-state index in [-0.39, 0.29) is 24.7 Å². The van der Waals surface area contributed by atoms with Gasteiger partial charge in [-0.05, 0) is 19.1 Å². The van der Waals surface area contributed by atoms with Crippen LogP contribution < -0.4 is 4.90 Å². The van der Waals surface area contributed by atoms with Crippen molar-refractivity contribution in [2.24, 2.45) is 0 Å². The number of benzene rings is 1. The van der Waals surface area contributed by atoms with E-state index in [1.807, 2.05) is 0 Å². The van der Waals surface area contributed by atoms with Gasteiger partial charge in [0.2, 0.25) is 15.0 Å². The van der Waals surface area contributed by atoms with Crippen LogP contribution in [0, 0.1) is 0 Å². The maximum absolute atomic E-state index is 11.9. The fraction of sp³-hybridized carbons (Fsp3) is 0.333. The van der Waals surface area contributed by atoms with Crippen LogP contribution in [-0.4, -0.2) is 31.9 Å². The predicted molar refractivity (Wildman–Crippen MR) is 72.0 cm³/mol. The number of halogens is 1. The third kappa shape index (κ3) is 2.79. The van der Waals surface area contributed by atoms with Crippen molar-refractivity contribution in [1.29, 1.82) is 0 Å². The standard InChI is InChI=1S/C12H12ClNO4S/c1-8(15)10-4-2-3-5-11(10)14-7-9(6-12(14)16)19(13,17)18/h2-5,9H,6-7H2,1H3. The lowest BCUT2D eigenvalue weighted by Crippen LogP contribution is -2.28. The van der Waals surface area contributed by atoms with E-state index in [2.05, 4.69) is 0 Å². The van der Waals surface area contributed by atoms with E-state index in [1.165, 1.54) is 11.8 Å². The second kappa shape index (κ2) is 4.94. The number of anilines is 1. The molecule has 1 unspecified atom stereocenters. The van der Waals surface area contributed by atoms with Crippen molar-refractivity contribution in [3.05, 3.63) is 29.8 Å². The zero-order chi connectivity index (χ0) is 14.2. The normalized spacial score (nSPS) is 19.8. The highest BCUT2D eigenvalue weighted by molar-refractivity contribution is 8.14. The van der Waals surface area contributed by atoms with Gasteiger partial charge in [0.1, 0.15) is 5.25 Å². The number of carbonyl (C=O) groups excluding carboxylic acids is 2. The Hall–Kier alpha value is -1.40. The van der Waals surface area contributed by atoms with Gasteiger partial charge in [0.25, 0.3) is 0 Å². The van der Waals surface area contributed by atoms with Crippen LogP contribution in [0.2, 0.25) is 0 Å². The molecule has 1 saturated heterocycles. The zero-order valence-corrected chi connectivity index (χ0v) is 11.7. The summed E-state index contributed by atoms with van der Waals surface area (Å²) in [6, 6.07) is 6.61. The van der Waals surface area contributed by atoms with Crippen molar-refractivity contribution in [2.75, 3.05) is 11.4 Å². The monoisotopic (exact) mass is 301 g/mol. The number of nitrogens with zero attached hydrogens (tertiary/aromatic N) is 1. The molecule has 1 aliphatic rings. The summed E-state index contributed by atoms with van der Waals surface area (Å²) in [5.74, 6) is -0.525. The molecule has 0 aliphatic carbocycles. The van der Waals surface area contributed by atoms with Crippen LogP contribution in [0.15, 0.2) is 24.3 Å². The van der Waals surface area contributed by atoms with Gasteiger partial charge in [-0.25, -0.2) is 8.42 Å². The summed E-state index contributed by atoms with van der Waals surface area (Å²) < 4.78 is 22.6. The summed E-state index contributed by atoms with van der Waals surface area (Å²) in [7, 11) is 1.50. The molecule has 0 bridgehead atoms. The number of rotatable bonds is 3. The van der Waals surface area contributed by atoms with Gasteiger partial charge in [0.15, 0.2) is 5.78 Å². The molecule has 1 atom stereocenters. The largest absolute Gasteiger partial charge is 0.310 e. The second-order valence-electron chi connectivity index (χ2n) is 4.38. The number of hydrogen-bond acceptors (Lipinski definition) is 4. The Morgan fingerprint density at radius 2 is 2.00 bits per heavy atom. The summed E-state index contributed by atoms with van der Waals surface area (Å²) in [5.41, 5.74) is 0.825. The first-order valence-electron chi connectivity index (χ1n) is 5.64. The number of carbonyl (C=O) groups is 2. The lowest BCUT2D eigenvalue weighted by atomic mass is 10.1. The van der Waals surface area contributed by atoms with Gasteiger partial charge < -0.3 is 4.90 Å². The summed E-state index contributed by atoms with van der Waals surface area (Å²) in [6.45, 7) is 1.38. The summed E-state index contributed by atoms with van der Waals surface area (Å²) in [4.78, 5) is 24.7. The minimum Gasteiger partial charge on any atom is -0.310 e. The van der Waals surface area contributed by atoms with E-state index < -0.39 is 14.3 Å². The van der Waals surface area contributed by atoms with Gasteiger partial charge in [-0.1, -0.05) is 12.1 Å². The molecule has 0 N–H and O–H groups in total. The molecular formula is C12H12ClNO4S. The Labute approximate surface area is 115 Å². The lowest BCUT2D eigenvalue weighted by Gasteiger charge is -2.18. The average molecular weight is 302 g/mol. The maximum atomic E-state index is 11.9. The quantitative estimate of drug-likeness (QED) is 0.627. The molecule has 1 amide bonds. The minimum atomic E-state index is -3.78. The first kappa shape index (κ1) is 14.0. The van der Waals surface area contributed by atoms with Crippen LogP contribution in [0.4, 0.5) is 5.69 Å². The van der Waals surface area contributed by atoms with Crippen LogP contribution in [-0.2, 0) is 13.8 Å². The smallest absolute Gasteiger partial charge is 0.237 e. The van der Waals surface area contributed by atoms with Crippen molar-refractivity contribution < 1.29 is 18.0 Å². The molecule has 0 radical (unpaired) electrons. The molecule has 1 aromatic carbocycles. The van der Waals surface area contributed by atoms with E-state index in [4.69, 9.17) is 10.7 Å². The molecule has 1 heterocycles. The highest BCUT2D eigenvalue weighted by Gasteiger charge is 2.38. The van der Waals surface area contributed by atoms with Gasteiger partial charge in [-0.3, -0.25) is 9.59 Å². The Balaban J connectivity index is 2.39. The lowest BCUT2D eigenvalue weighted by molar-refractivity contribution is -0.117. The number of hydrogen-bond donors (Lipinski definition) is 0. The molecule has 7 heteroatoms. The summed E-state index contributed by atoms with van der Waals surface area (Å²) >= 11 is 0. The van der Waals surface area contributed by atoms with Gasteiger partial charge in [-0.2, -0.15) is 0 Å². The van der Waals surface area contributed by atoms with Crippen LogP contribution in [0.1, 0.15) is 23.7 Å². The second-order valence-corrected chi connectivity index (χ2v) is 7.29. The average Bonchev–Trinajstić information content (AvgIpc) is 2.71. The SMILES string of the molecule is CC(=O)c1ccccc1N1CC(S(=O)(=O)Cl)CC1=O. The molecule has 0 spiro atoms. The van der Waals surface area contributed by atoms with Crippen molar-refractivity contribution in [1.82, 2.24) is 0 Å². The molecule has 0 saturated carbocycles. The molecule has 1 fully saturated rings. The van der Waals surface area contributed by atoms with E-state index in [1.54, 1.807) is 24.3 Å². The van der Waals surface area contributed by atoms with Gasteiger partial charge in [0, 0.05) is 29.2 Å². The zero-order valence-electron chi connectivity index (χ0n) is 10.2. The van der Waals surface area contributed by atoms with Crippen molar-refractivity contribution in [2.45, 2.75) is 18.6 Å². The van der Waals surface area contributed by atoms with Crippen molar-refractivity contribution in [3.8, 4) is 0 Å². The number of para-hydroxylation sites is 1. The topological polar surface area (TPSA) is 71.5 Å². The highest BCUT2D eigenvalue weighted by Crippen LogP contribution is 2.29. The molecule has 1 aliphatic heterocycles. The Kier molecular flexibility index (Phi) is 3.64. The number of amides is 1. The molecule has 2 rings (SSSR count). The van der Waals surface area contributed by atoms with Crippen LogP contribution in [0.25, 0.3) is 0 Å². The van der Waals surface area contributed by atoms with E-state index in [0.29, 0.717) is 11.3 Å². The Morgan fingerprint density at radius 3 is 2.53 bits per heavy atom. The first-order chi connectivity index (χ1) is 8.80. The minimum absolute atomic E-state index is 0.0189. The van der Waals surface area contributed by atoms with Crippen LogP contribution in [0.5, 0.6) is 0 Å². The number of ketones is 1. The molecule has 102 valence electrons.